The topological polar surface area (TPSA) is 58.3 Å². The minimum atomic E-state index is 0.189. The third-order valence-corrected chi connectivity index (χ3v) is 1.77. The fourth-order valence-corrected chi connectivity index (χ4v) is 1.06. The molecule has 0 saturated heterocycles. The second-order valence-electron chi connectivity index (χ2n) is 2.90. The standard InChI is InChI=1S/C9H16N2O2/c1-10-5-4-8-7-11-9(13-8)3-2-6-12/h7,10,12H,2-6H2,1H3. The van der Waals surface area contributed by atoms with E-state index in [1.54, 1.807) is 6.20 Å². The van der Waals surface area contributed by atoms with Crippen LogP contribution >= 0.6 is 0 Å². The molecule has 2 N–H and O–H groups in total. The summed E-state index contributed by atoms with van der Waals surface area (Å²) < 4.78 is 5.43. The van der Waals surface area contributed by atoms with Crippen molar-refractivity contribution >= 4 is 0 Å². The first-order chi connectivity index (χ1) is 6.36. The number of hydrogen-bond donors (Lipinski definition) is 2. The maximum absolute atomic E-state index is 8.60. The molecule has 74 valence electrons. The Labute approximate surface area is 78.0 Å². The fraction of sp³-hybridized carbons (Fsp3) is 0.667. The number of oxazole rings is 1. The molecule has 4 heteroatoms. The van der Waals surface area contributed by atoms with Crippen molar-refractivity contribution in [2.75, 3.05) is 20.2 Å². The highest BCUT2D eigenvalue weighted by Gasteiger charge is 2.02. The molecule has 0 aliphatic rings. The van der Waals surface area contributed by atoms with E-state index in [1.807, 2.05) is 7.05 Å². The number of aromatic nitrogens is 1. The smallest absolute Gasteiger partial charge is 0.194 e. The highest BCUT2D eigenvalue weighted by Crippen LogP contribution is 2.05. The van der Waals surface area contributed by atoms with Gasteiger partial charge in [-0.3, -0.25) is 0 Å². The maximum Gasteiger partial charge on any atom is 0.194 e. The first-order valence-electron chi connectivity index (χ1n) is 4.56. The molecule has 0 aliphatic heterocycles. The van der Waals surface area contributed by atoms with Crippen molar-refractivity contribution in [3.05, 3.63) is 17.8 Å². The molecule has 0 aromatic carbocycles. The molecule has 0 unspecified atom stereocenters. The van der Waals surface area contributed by atoms with Gasteiger partial charge in [0.05, 0.1) is 6.20 Å². The molecule has 13 heavy (non-hydrogen) atoms. The summed E-state index contributed by atoms with van der Waals surface area (Å²) >= 11 is 0. The zero-order valence-electron chi connectivity index (χ0n) is 7.92. The van der Waals surface area contributed by atoms with E-state index in [2.05, 4.69) is 10.3 Å². The number of hydrogen-bond acceptors (Lipinski definition) is 4. The highest BCUT2D eigenvalue weighted by atomic mass is 16.4. The second-order valence-corrected chi connectivity index (χ2v) is 2.90. The Morgan fingerprint density at radius 2 is 2.38 bits per heavy atom. The van der Waals surface area contributed by atoms with Crippen molar-refractivity contribution in [1.29, 1.82) is 0 Å². The van der Waals surface area contributed by atoms with Crippen molar-refractivity contribution < 1.29 is 9.52 Å². The highest BCUT2D eigenvalue weighted by molar-refractivity contribution is 4.94. The van der Waals surface area contributed by atoms with Crippen LogP contribution in [0, 0.1) is 0 Å². The summed E-state index contributed by atoms with van der Waals surface area (Å²) in [6.45, 7) is 1.09. The van der Waals surface area contributed by atoms with Crippen LogP contribution in [0.1, 0.15) is 18.1 Å². The predicted molar refractivity (Wildman–Crippen MR) is 49.5 cm³/mol. The Kier molecular flexibility index (Phi) is 4.49. The van der Waals surface area contributed by atoms with Crippen molar-refractivity contribution in [3.8, 4) is 0 Å². The van der Waals surface area contributed by atoms with Gasteiger partial charge >= 0.3 is 0 Å². The first kappa shape index (κ1) is 10.2. The van der Waals surface area contributed by atoms with E-state index in [0.717, 1.165) is 31.0 Å². The van der Waals surface area contributed by atoms with Crippen LogP contribution in [0.4, 0.5) is 0 Å². The number of aliphatic hydroxyl groups excluding tert-OH is 1. The van der Waals surface area contributed by atoms with Gasteiger partial charge < -0.3 is 14.8 Å². The van der Waals surface area contributed by atoms with Crippen LogP contribution in [0.3, 0.4) is 0 Å². The Hall–Kier alpha value is -0.870. The van der Waals surface area contributed by atoms with Crippen LogP contribution in [0.2, 0.25) is 0 Å². The Balaban J connectivity index is 2.34. The zero-order chi connectivity index (χ0) is 9.52. The predicted octanol–water partition coefficient (Wildman–Crippen LogP) is 0.361. The molecule has 0 spiro atoms. The van der Waals surface area contributed by atoms with Gasteiger partial charge in [0.1, 0.15) is 5.76 Å². The van der Waals surface area contributed by atoms with Gasteiger partial charge in [0.15, 0.2) is 5.89 Å². The first-order valence-corrected chi connectivity index (χ1v) is 4.56. The lowest BCUT2D eigenvalue weighted by molar-refractivity contribution is 0.282. The summed E-state index contributed by atoms with van der Waals surface area (Å²) in [6.07, 6.45) is 4.05. The van der Waals surface area contributed by atoms with E-state index in [9.17, 15) is 0 Å². The summed E-state index contributed by atoms with van der Waals surface area (Å²) in [6, 6.07) is 0. The lowest BCUT2D eigenvalue weighted by Crippen LogP contribution is -2.09. The van der Waals surface area contributed by atoms with Gasteiger partial charge in [-0.15, -0.1) is 0 Å². The van der Waals surface area contributed by atoms with Crippen molar-refractivity contribution in [3.63, 3.8) is 0 Å². The number of aryl methyl sites for hydroxylation is 1. The molecule has 0 radical (unpaired) electrons. The largest absolute Gasteiger partial charge is 0.446 e. The van der Waals surface area contributed by atoms with Crippen molar-refractivity contribution in [2.45, 2.75) is 19.3 Å². The molecule has 1 rings (SSSR count). The fourth-order valence-electron chi connectivity index (χ4n) is 1.06. The summed E-state index contributed by atoms with van der Waals surface area (Å²) in [5.74, 6) is 1.63. The molecule has 1 heterocycles. The molecule has 0 saturated carbocycles. The van der Waals surface area contributed by atoms with Crippen molar-refractivity contribution in [2.24, 2.45) is 0 Å². The zero-order valence-corrected chi connectivity index (χ0v) is 7.92. The quantitative estimate of drug-likeness (QED) is 0.670. The summed E-state index contributed by atoms with van der Waals surface area (Å²) in [5, 5.41) is 11.6. The number of aliphatic hydroxyl groups is 1. The molecule has 0 aliphatic carbocycles. The Morgan fingerprint density at radius 1 is 1.54 bits per heavy atom. The molecule has 4 nitrogen and oxygen atoms in total. The lowest BCUT2D eigenvalue weighted by atomic mass is 10.3. The third kappa shape index (κ3) is 3.57. The minimum absolute atomic E-state index is 0.189. The lowest BCUT2D eigenvalue weighted by Gasteiger charge is -1.94. The van der Waals surface area contributed by atoms with Crippen LogP contribution < -0.4 is 5.32 Å². The summed E-state index contributed by atoms with van der Waals surface area (Å²) in [4.78, 5) is 4.10. The van der Waals surface area contributed by atoms with E-state index < -0.39 is 0 Å². The SMILES string of the molecule is CNCCc1cnc(CCCO)o1. The molecule has 0 atom stereocenters. The monoisotopic (exact) mass is 184 g/mol. The van der Waals surface area contributed by atoms with E-state index in [1.165, 1.54) is 0 Å². The molecular weight excluding hydrogens is 168 g/mol. The molecule has 1 aromatic rings. The van der Waals surface area contributed by atoms with Gasteiger partial charge in [-0.1, -0.05) is 0 Å². The summed E-state index contributed by atoms with van der Waals surface area (Å²) in [5.41, 5.74) is 0. The number of likely N-dealkylation sites (N-methyl/N-ethyl adjacent to an activating group) is 1. The second kappa shape index (κ2) is 5.72. The molecule has 1 aromatic heterocycles. The molecule has 0 bridgehead atoms. The number of rotatable bonds is 6. The average molecular weight is 184 g/mol. The minimum Gasteiger partial charge on any atom is -0.446 e. The number of nitrogens with zero attached hydrogens (tertiary/aromatic N) is 1. The van der Waals surface area contributed by atoms with Gasteiger partial charge in [0.25, 0.3) is 0 Å². The van der Waals surface area contributed by atoms with E-state index in [-0.39, 0.29) is 6.61 Å². The van der Waals surface area contributed by atoms with E-state index >= 15 is 0 Å². The van der Waals surface area contributed by atoms with Gasteiger partial charge in [-0.05, 0) is 13.5 Å². The Bertz CT molecular complexity index is 213. The summed E-state index contributed by atoms with van der Waals surface area (Å²) in [7, 11) is 1.91. The Morgan fingerprint density at radius 3 is 3.08 bits per heavy atom. The van der Waals surface area contributed by atoms with E-state index in [0.29, 0.717) is 6.42 Å². The molecule has 0 fully saturated rings. The maximum atomic E-state index is 8.60. The van der Waals surface area contributed by atoms with Crippen LogP contribution in [-0.2, 0) is 12.8 Å². The van der Waals surface area contributed by atoms with Crippen LogP contribution in [0.25, 0.3) is 0 Å². The van der Waals surface area contributed by atoms with Gasteiger partial charge in [-0.2, -0.15) is 0 Å². The normalized spacial score (nSPS) is 10.6. The van der Waals surface area contributed by atoms with Gasteiger partial charge in [0.2, 0.25) is 0 Å². The van der Waals surface area contributed by atoms with E-state index in [4.69, 9.17) is 9.52 Å². The van der Waals surface area contributed by atoms with Gasteiger partial charge in [0, 0.05) is 26.0 Å². The molecular formula is C9H16N2O2. The van der Waals surface area contributed by atoms with Crippen LogP contribution in [0.15, 0.2) is 10.6 Å². The van der Waals surface area contributed by atoms with Gasteiger partial charge in [-0.25, -0.2) is 4.98 Å². The van der Waals surface area contributed by atoms with Crippen LogP contribution in [0.5, 0.6) is 0 Å². The van der Waals surface area contributed by atoms with Crippen molar-refractivity contribution in [1.82, 2.24) is 10.3 Å². The number of nitrogens with one attached hydrogen (secondary N) is 1. The average Bonchev–Trinajstić information content (AvgIpc) is 2.59. The molecule has 0 amide bonds. The third-order valence-electron chi connectivity index (χ3n) is 1.77. The van der Waals surface area contributed by atoms with Crippen LogP contribution in [-0.4, -0.2) is 30.3 Å².